The van der Waals surface area contributed by atoms with E-state index in [9.17, 15) is 19.7 Å². The van der Waals surface area contributed by atoms with Crippen molar-refractivity contribution in [3.05, 3.63) is 27.1 Å². The fraction of sp³-hybridized carbons (Fsp3) is 0.333. The summed E-state index contributed by atoms with van der Waals surface area (Å²) < 4.78 is 4.36. The monoisotopic (exact) mass is 274 g/mol. The quantitative estimate of drug-likeness (QED) is 0.440. The van der Waals surface area contributed by atoms with Crippen LogP contribution in [0.4, 0.5) is 5.00 Å². The van der Waals surface area contributed by atoms with Gasteiger partial charge >= 0.3 is 11.0 Å². The van der Waals surface area contributed by atoms with E-state index in [-0.39, 0.29) is 9.88 Å². The number of hydrogen-bond donors (Lipinski definition) is 2. The van der Waals surface area contributed by atoms with Crippen LogP contribution < -0.4 is 5.32 Å². The van der Waals surface area contributed by atoms with Crippen molar-refractivity contribution in [1.29, 1.82) is 0 Å². The maximum absolute atomic E-state index is 11.6. The molecule has 1 rings (SSSR count). The van der Waals surface area contributed by atoms with Gasteiger partial charge in [-0.2, -0.15) is 0 Å². The number of esters is 1. The molecule has 0 aliphatic heterocycles. The molecule has 0 aliphatic rings. The summed E-state index contributed by atoms with van der Waals surface area (Å²) in [5.41, 5.74) is 0. The van der Waals surface area contributed by atoms with E-state index in [1.807, 2.05) is 0 Å². The highest BCUT2D eigenvalue weighted by Gasteiger charge is 2.23. The lowest BCUT2D eigenvalue weighted by Gasteiger charge is -2.12. The summed E-state index contributed by atoms with van der Waals surface area (Å²) in [5.74, 6) is -1.48. The molecule has 0 aliphatic carbocycles. The molecular weight excluding hydrogens is 264 g/mol. The highest BCUT2D eigenvalue weighted by Crippen LogP contribution is 2.23. The lowest BCUT2D eigenvalue weighted by molar-refractivity contribution is -0.380. The van der Waals surface area contributed by atoms with Gasteiger partial charge in [-0.3, -0.25) is 14.9 Å². The van der Waals surface area contributed by atoms with Gasteiger partial charge in [0.25, 0.3) is 5.91 Å². The van der Waals surface area contributed by atoms with Crippen LogP contribution in [-0.2, 0) is 9.53 Å². The number of methoxy groups -OCH3 is 1. The third-order valence-corrected chi connectivity index (χ3v) is 3.00. The first-order chi connectivity index (χ1) is 8.49. The fourth-order valence-electron chi connectivity index (χ4n) is 1.10. The van der Waals surface area contributed by atoms with Gasteiger partial charge in [0.2, 0.25) is 0 Å². The minimum Gasteiger partial charge on any atom is -0.467 e. The summed E-state index contributed by atoms with van der Waals surface area (Å²) in [5, 5.41) is 21.4. The predicted molar refractivity (Wildman–Crippen MR) is 61.3 cm³/mol. The van der Waals surface area contributed by atoms with Crippen LogP contribution in [0.3, 0.4) is 0 Å². The number of nitro groups is 1. The number of nitrogens with zero attached hydrogens (tertiary/aromatic N) is 1. The topological polar surface area (TPSA) is 119 Å². The van der Waals surface area contributed by atoms with Gasteiger partial charge in [-0.05, 0) is 6.07 Å². The Kier molecular flexibility index (Phi) is 4.75. The number of amides is 1. The molecule has 1 aromatic rings. The third kappa shape index (κ3) is 3.25. The Labute approximate surface area is 105 Å². The molecule has 0 saturated carbocycles. The molecule has 9 heteroatoms. The van der Waals surface area contributed by atoms with E-state index in [0.717, 1.165) is 7.11 Å². The van der Waals surface area contributed by atoms with Gasteiger partial charge in [-0.15, -0.1) is 0 Å². The molecule has 2 N–H and O–H groups in total. The van der Waals surface area contributed by atoms with Gasteiger partial charge in [0.05, 0.1) is 23.5 Å². The van der Waals surface area contributed by atoms with E-state index in [1.54, 1.807) is 0 Å². The number of ether oxygens (including phenoxy) is 1. The number of nitrogens with one attached hydrogen (secondary N) is 1. The molecule has 0 spiro atoms. The Morgan fingerprint density at radius 2 is 2.28 bits per heavy atom. The number of thiophene rings is 1. The largest absolute Gasteiger partial charge is 0.467 e. The number of carbonyl (C=O) groups is 2. The second-order valence-corrected chi connectivity index (χ2v) is 4.19. The van der Waals surface area contributed by atoms with E-state index < -0.39 is 29.4 Å². The number of hydrogen-bond acceptors (Lipinski definition) is 7. The highest BCUT2D eigenvalue weighted by molar-refractivity contribution is 7.17. The third-order valence-electron chi connectivity index (χ3n) is 1.97. The van der Waals surface area contributed by atoms with Crippen molar-refractivity contribution in [2.75, 3.05) is 13.7 Å². The second kappa shape index (κ2) is 6.07. The maximum Gasteiger partial charge on any atom is 0.330 e. The minimum absolute atomic E-state index is 0.0732. The molecule has 1 aromatic heterocycles. The first-order valence-corrected chi connectivity index (χ1v) is 5.55. The number of rotatable bonds is 5. The van der Waals surface area contributed by atoms with Crippen LogP contribution >= 0.6 is 11.3 Å². The zero-order valence-electron chi connectivity index (χ0n) is 9.28. The first kappa shape index (κ1) is 14.1. The molecule has 0 bridgehead atoms. The molecule has 18 heavy (non-hydrogen) atoms. The zero-order valence-corrected chi connectivity index (χ0v) is 10.1. The molecule has 1 atom stereocenters. The zero-order chi connectivity index (χ0) is 13.7. The molecule has 8 nitrogen and oxygen atoms in total. The van der Waals surface area contributed by atoms with Gasteiger partial charge in [0, 0.05) is 6.07 Å². The summed E-state index contributed by atoms with van der Waals surface area (Å²) >= 11 is 0.676. The van der Waals surface area contributed by atoms with E-state index in [1.165, 1.54) is 12.1 Å². The average Bonchev–Trinajstić information content (AvgIpc) is 2.84. The SMILES string of the molecule is COC(=O)C(CO)NC(=O)c1ccc([N+](=O)[O-])s1. The lowest BCUT2D eigenvalue weighted by Crippen LogP contribution is -2.43. The van der Waals surface area contributed by atoms with Crippen molar-refractivity contribution < 1.29 is 24.4 Å². The average molecular weight is 274 g/mol. The van der Waals surface area contributed by atoms with Gasteiger partial charge in [-0.1, -0.05) is 11.3 Å². The fourth-order valence-corrected chi connectivity index (χ4v) is 1.82. The number of aliphatic hydroxyl groups excluding tert-OH is 1. The van der Waals surface area contributed by atoms with Crippen LogP contribution in [0.1, 0.15) is 9.67 Å². The van der Waals surface area contributed by atoms with Crippen molar-refractivity contribution in [2.24, 2.45) is 0 Å². The summed E-state index contributed by atoms with van der Waals surface area (Å²) in [6.07, 6.45) is 0. The van der Waals surface area contributed by atoms with Crippen LogP contribution in [0.5, 0.6) is 0 Å². The van der Waals surface area contributed by atoms with Crippen LogP contribution in [0.25, 0.3) is 0 Å². The highest BCUT2D eigenvalue weighted by atomic mass is 32.1. The predicted octanol–water partition coefficient (Wildman–Crippen LogP) is -0.0800. The van der Waals surface area contributed by atoms with Crippen molar-refractivity contribution >= 4 is 28.2 Å². The Morgan fingerprint density at radius 3 is 2.72 bits per heavy atom. The van der Waals surface area contributed by atoms with E-state index >= 15 is 0 Å². The minimum atomic E-state index is -1.19. The molecule has 1 unspecified atom stereocenters. The van der Waals surface area contributed by atoms with Gasteiger partial charge in [0.1, 0.15) is 0 Å². The standard InChI is InChI=1S/C9H10N2O6S/c1-17-9(14)5(4-12)10-8(13)6-2-3-7(18-6)11(15)16/h2-3,5,12H,4H2,1H3,(H,10,13). The van der Waals surface area contributed by atoms with E-state index in [2.05, 4.69) is 10.1 Å². The van der Waals surface area contributed by atoms with Crippen LogP contribution in [0, 0.1) is 10.1 Å². The Hall–Kier alpha value is -2.00. The molecule has 0 radical (unpaired) electrons. The Bertz CT molecular complexity index is 471. The van der Waals surface area contributed by atoms with Crippen LogP contribution in [0.15, 0.2) is 12.1 Å². The molecule has 1 amide bonds. The van der Waals surface area contributed by atoms with Crippen molar-refractivity contribution in [1.82, 2.24) is 5.32 Å². The molecule has 0 fully saturated rings. The molecule has 0 saturated heterocycles. The second-order valence-electron chi connectivity index (χ2n) is 3.13. The van der Waals surface area contributed by atoms with Crippen LogP contribution in [-0.4, -0.2) is 41.7 Å². The summed E-state index contributed by atoms with van der Waals surface area (Å²) in [6.45, 7) is -0.619. The Morgan fingerprint density at radius 1 is 1.61 bits per heavy atom. The summed E-state index contributed by atoms with van der Waals surface area (Å²) in [7, 11) is 1.12. The summed E-state index contributed by atoms with van der Waals surface area (Å²) in [4.78, 5) is 32.6. The smallest absolute Gasteiger partial charge is 0.330 e. The normalized spacial score (nSPS) is 11.7. The van der Waals surface area contributed by atoms with E-state index in [4.69, 9.17) is 5.11 Å². The molecule has 1 heterocycles. The Balaban J connectivity index is 2.74. The molecular formula is C9H10N2O6S. The van der Waals surface area contributed by atoms with Gasteiger partial charge < -0.3 is 15.2 Å². The maximum atomic E-state index is 11.6. The van der Waals surface area contributed by atoms with Crippen molar-refractivity contribution in [3.8, 4) is 0 Å². The number of aliphatic hydroxyl groups is 1. The molecule has 0 aromatic carbocycles. The van der Waals surface area contributed by atoms with E-state index in [0.29, 0.717) is 11.3 Å². The van der Waals surface area contributed by atoms with Gasteiger partial charge in [-0.25, -0.2) is 4.79 Å². The van der Waals surface area contributed by atoms with Crippen LogP contribution in [0.2, 0.25) is 0 Å². The lowest BCUT2D eigenvalue weighted by atomic mass is 10.3. The van der Waals surface area contributed by atoms with Gasteiger partial charge in [0.15, 0.2) is 6.04 Å². The van der Waals surface area contributed by atoms with Crippen molar-refractivity contribution in [2.45, 2.75) is 6.04 Å². The van der Waals surface area contributed by atoms with Crippen molar-refractivity contribution in [3.63, 3.8) is 0 Å². The molecule has 98 valence electrons. The summed E-state index contributed by atoms with van der Waals surface area (Å²) in [6, 6.07) is 1.26. The first-order valence-electron chi connectivity index (χ1n) is 4.73. The number of carbonyl (C=O) groups excluding carboxylic acids is 2.